The van der Waals surface area contributed by atoms with E-state index in [-0.39, 0.29) is 4.90 Å². The molecule has 0 aromatic heterocycles. The molecule has 144 valence electrons. The van der Waals surface area contributed by atoms with Crippen LogP contribution in [-0.4, -0.2) is 44.8 Å². The molecule has 2 aromatic rings. The van der Waals surface area contributed by atoms with E-state index in [1.165, 1.54) is 39.2 Å². The number of anilines is 2. The van der Waals surface area contributed by atoms with Gasteiger partial charge in [-0.1, -0.05) is 24.3 Å². The molecule has 3 amide bonds. The third-order valence-electron chi connectivity index (χ3n) is 3.65. The summed E-state index contributed by atoms with van der Waals surface area (Å²) in [5, 5.41) is 7.74. The molecule has 8 nitrogen and oxygen atoms in total. The van der Waals surface area contributed by atoms with Crippen LogP contribution in [0.25, 0.3) is 0 Å². The van der Waals surface area contributed by atoms with Crippen LogP contribution >= 0.6 is 0 Å². The molecule has 0 saturated heterocycles. The van der Waals surface area contributed by atoms with Crippen molar-refractivity contribution in [2.24, 2.45) is 0 Å². The highest BCUT2D eigenvalue weighted by Crippen LogP contribution is 2.18. The van der Waals surface area contributed by atoms with Gasteiger partial charge in [-0.3, -0.25) is 4.79 Å². The number of nitrogens with one attached hydrogen (secondary N) is 3. The molecule has 1 unspecified atom stereocenters. The number of nitrogens with zero attached hydrogens (tertiary/aromatic N) is 1. The van der Waals surface area contributed by atoms with Gasteiger partial charge in [0.15, 0.2) is 0 Å². The third-order valence-corrected chi connectivity index (χ3v) is 5.46. The summed E-state index contributed by atoms with van der Waals surface area (Å²) >= 11 is 0. The number of urea groups is 1. The average molecular weight is 390 g/mol. The lowest BCUT2D eigenvalue weighted by Gasteiger charge is -2.16. The Bertz CT molecular complexity index is 914. The van der Waals surface area contributed by atoms with E-state index in [0.717, 1.165) is 4.31 Å². The lowest BCUT2D eigenvalue weighted by atomic mass is 10.2. The van der Waals surface area contributed by atoms with E-state index in [1.807, 2.05) is 6.07 Å². The van der Waals surface area contributed by atoms with Gasteiger partial charge in [-0.15, -0.1) is 0 Å². The minimum Gasteiger partial charge on any atom is -0.326 e. The van der Waals surface area contributed by atoms with Gasteiger partial charge in [0.25, 0.3) is 0 Å². The van der Waals surface area contributed by atoms with Crippen LogP contribution in [0, 0.1) is 0 Å². The van der Waals surface area contributed by atoms with Gasteiger partial charge in [0.2, 0.25) is 15.9 Å². The Labute approximate surface area is 158 Å². The molecule has 2 aromatic carbocycles. The third kappa shape index (κ3) is 5.53. The number of hydrogen-bond donors (Lipinski definition) is 3. The number of sulfonamides is 1. The number of amides is 3. The molecule has 1 atom stereocenters. The Kier molecular flexibility index (Phi) is 6.54. The Morgan fingerprint density at radius 3 is 2.19 bits per heavy atom. The van der Waals surface area contributed by atoms with E-state index in [0.29, 0.717) is 11.4 Å². The molecule has 0 aliphatic carbocycles. The Balaban J connectivity index is 1.99. The number of carbonyl (C=O) groups is 2. The Hall–Kier alpha value is -2.91. The maximum atomic E-state index is 12.3. The fourth-order valence-corrected chi connectivity index (χ4v) is 3.09. The van der Waals surface area contributed by atoms with Crippen molar-refractivity contribution in [1.29, 1.82) is 0 Å². The first-order valence-corrected chi connectivity index (χ1v) is 9.60. The van der Waals surface area contributed by atoms with Crippen molar-refractivity contribution in [2.45, 2.75) is 17.9 Å². The van der Waals surface area contributed by atoms with E-state index in [2.05, 4.69) is 16.0 Å². The quantitative estimate of drug-likeness (QED) is 0.702. The van der Waals surface area contributed by atoms with Crippen LogP contribution in [0.15, 0.2) is 59.5 Å². The number of hydrogen-bond acceptors (Lipinski definition) is 4. The van der Waals surface area contributed by atoms with Crippen LogP contribution in [0.1, 0.15) is 6.92 Å². The summed E-state index contributed by atoms with van der Waals surface area (Å²) in [6.45, 7) is 1.53. The summed E-state index contributed by atoms with van der Waals surface area (Å²) in [6, 6.07) is 13.4. The Morgan fingerprint density at radius 1 is 0.926 bits per heavy atom. The van der Waals surface area contributed by atoms with Crippen LogP contribution in [-0.2, 0) is 14.8 Å². The highest BCUT2D eigenvalue weighted by Gasteiger charge is 2.19. The average Bonchev–Trinajstić information content (AvgIpc) is 2.62. The SMILES string of the molecule is CC(NC(=O)Nc1ccccc1)C(=O)Nc1cccc(S(=O)(=O)N(C)C)c1. The summed E-state index contributed by atoms with van der Waals surface area (Å²) < 4.78 is 25.4. The van der Waals surface area contributed by atoms with E-state index < -0.39 is 28.0 Å². The molecule has 0 heterocycles. The smallest absolute Gasteiger partial charge is 0.319 e. The highest BCUT2D eigenvalue weighted by atomic mass is 32.2. The fourth-order valence-electron chi connectivity index (χ4n) is 2.15. The minimum atomic E-state index is -3.61. The molecule has 0 fully saturated rings. The number of rotatable bonds is 6. The van der Waals surface area contributed by atoms with Gasteiger partial charge in [-0.25, -0.2) is 17.5 Å². The van der Waals surface area contributed by atoms with E-state index in [9.17, 15) is 18.0 Å². The van der Waals surface area contributed by atoms with Crippen LogP contribution in [0.2, 0.25) is 0 Å². The summed E-state index contributed by atoms with van der Waals surface area (Å²) in [4.78, 5) is 24.3. The molecular formula is C18H22N4O4S. The van der Waals surface area contributed by atoms with Crippen molar-refractivity contribution >= 4 is 33.3 Å². The fraction of sp³-hybridized carbons (Fsp3) is 0.222. The number of benzene rings is 2. The zero-order valence-corrected chi connectivity index (χ0v) is 16.1. The van der Waals surface area contributed by atoms with Crippen molar-refractivity contribution in [3.63, 3.8) is 0 Å². The topological polar surface area (TPSA) is 108 Å². The van der Waals surface area contributed by atoms with Gasteiger partial charge in [-0.05, 0) is 37.3 Å². The molecule has 0 spiro atoms. The van der Waals surface area contributed by atoms with Gasteiger partial charge in [0.05, 0.1) is 4.90 Å². The van der Waals surface area contributed by atoms with Crippen molar-refractivity contribution in [1.82, 2.24) is 9.62 Å². The van der Waals surface area contributed by atoms with Gasteiger partial charge >= 0.3 is 6.03 Å². The normalized spacial score (nSPS) is 12.3. The second-order valence-electron chi connectivity index (χ2n) is 5.99. The second kappa shape index (κ2) is 8.65. The first-order chi connectivity index (χ1) is 12.7. The van der Waals surface area contributed by atoms with E-state index >= 15 is 0 Å². The monoisotopic (exact) mass is 390 g/mol. The predicted molar refractivity (Wildman–Crippen MR) is 104 cm³/mol. The molecule has 9 heteroatoms. The van der Waals surface area contributed by atoms with Crippen molar-refractivity contribution < 1.29 is 18.0 Å². The molecule has 2 rings (SSSR count). The summed E-state index contributed by atoms with van der Waals surface area (Å²) in [7, 11) is -0.750. The maximum absolute atomic E-state index is 12.3. The Morgan fingerprint density at radius 2 is 1.56 bits per heavy atom. The zero-order valence-electron chi connectivity index (χ0n) is 15.3. The standard InChI is InChI=1S/C18H22N4O4S/c1-13(19-18(24)21-14-8-5-4-6-9-14)17(23)20-15-10-7-11-16(12-15)27(25,26)22(2)3/h4-13H,1-3H3,(H,20,23)(H2,19,21,24). The summed E-state index contributed by atoms with van der Waals surface area (Å²) in [5.74, 6) is -0.474. The van der Waals surface area contributed by atoms with Crippen molar-refractivity contribution in [2.75, 3.05) is 24.7 Å². The molecular weight excluding hydrogens is 368 g/mol. The lowest BCUT2D eigenvalue weighted by molar-refractivity contribution is -0.117. The lowest BCUT2D eigenvalue weighted by Crippen LogP contribution is -2.43. The van der Waals surface area contributed by atoms with E-state index in [4.69, 9.17) is 0 Å². The van der Waals surface area contributed by atoms with Crippen LogP contribution < -0.4 is 16.0 Å². The van der Waals surface area contributed by atoms with Crippen LogP contribution in [0.3, 0.4) is 0 Å². The van der Waals surface area contributed by atoms with Gasteiger partial charge < -0.3 is 16.0 Å². The summed E-state index contributed by atoms with van der Waals surface area (Å²) in [5.41, 5.74) is 0.921. The molecule has 0 saturated carbocycles. The van der Waals surface area contributed by atoms with E-state index in [1.54, 1.807) is 30.3 Å². The van der Waals surface area contributed by atoms with Crippen molar-refractivity contribution in [3.8, 4) is 0 Å². The molecule has 0 bridgehead atoms. The minimum absolute atomic E-state index is 0.0627. The van der Waals surface area contributed by atoms with Gasteiger partial charge in [0, 0.05) is 25.5 Å². The van der Waals surface area contributed by atoms with Crippen LogP contribution in [0.4, 0.5) is 16.2 Å². The predicted octanol–water partition coefficient (Wildman–Crippen LogP) is 2.09. The first-order valence-electron chi connectivity index (χ1n) is 8.16. The molecule has 0 aliphatic heterocycles. The molecule has 27 heavy (non-hydrogen) atoms. The van der Waals surface area contributed by atoms with Crippen molar-refractivity contribution in [3.05, 3.63) is 54.6 Å². The highest BCUT2D eigenvalue weighted by molar-refractivity contribution is 7.89. The molecule has 3 N–H and O–H groups in total. The zero-order chi connectivity index (χ0) is 20.0. The molecule has 0 aliphatic rings. The largest absolute Gasteiger partial charge is 0.326 e. The summed E-state index contributed by atoms with van der Waals surface area (Å²) in [6.07, 6.45) is 0. The number of carbonyl (C=O) groups excluding carboxylic acids is 2. The maximum Gasteiger partial charge on any atom is 0.319 e. The van der Waals surface area contributed by atoms with Gasteiger partial charge in [-0.2, -0.15) is 0 Å². The molecule has 0 radical (unpaired) electrons. The second-order valence-corrected chi connectivity index (χ2v) is 8.14. The van der Waals surface area contributed by atoms with Gasteiger partial charge in [0.1, 0.15) is 6.04 Å². The van der Waals surface area contributed by atoms with Crippen LogP contribution in [0.5, 0.6) is 0 Å². The number of para-hydroxylation sites is 1. The first kappa shape index (κ1) is 20.4.